The second kappa shape index (κ2) is 6.74. The lowest BCUT2D eigenvalue weighted by molar-refractivity contribution is -0.138. The maximum absolute atomic E-state index is 12.0. The summed E-state index contributed by atoms with van der Waals surface area (Å²) in [4.78, 5) is 22.6. The van der Waals surface area contributed by atoms with Crippen molar-refractivity contribution in [1.29, 1.82) is 0 Å². The largest absolute Gasteiger partial charge is 0.481 e. The van der Waals surface area contributed by atoms with Gasteiger partial charge in [0.05, 0.1) is 6.42 Å². The molecule has 1 unspecified atom stereocenters. The van der Waals surface area contributed by atoms with E-state index in [9.17, 15) is 9.59 Å². The van der Waals surface area contributed by atoms with Crippen molar-refractivity contribution in [2.75, 3.05) is 6.54 Å². The summed E-state index contributed by atoms with van der Waals surface area (Å²) >= 11 is 0. The quantitative estimate of drug-likeness (QED) is 0.728. The number of amides is 1. The first-order chi connectivity index (χ1) is 11.5. The number of hydrogen-bond donors (Lipinski definition) is 2. The summed E-state index contributed by atoms with van der Waals surface area (Å²) in [5.74, 6) is -0.535. The van der Waals surface area contributed by atoms with Crippen molar-refractivity contribution in [2.24, 2.45) is 5.92 Å². The van der Waals surface area contributed by atoms with Crippen molar-refractivity contribution in [2.45, 2.75) is 19.8 Å². The molecule has 1 amide bonds. The smallest absolute Gasteiger partial charge is 0.303 e. The fourth-order valence-corrected chi connectivity index (χ4v) is 2.81. The third-order valence-corrected chi connectivity index (χ3v) is 3.98. The van der Waals surface area contributed by atoms with Crippen LogP contribution in [0.3, 0.4) is 0 Å². The molecular formula is C19H19NO4. The van der Waals surface area contributed by atoms with Crippen molar-refractivity contribution in [1.82, 2.24) is 5.32 Å². The van der Waals surface area contributed by atoms with E-state index in [1.54, 1.807) is 6.92 Å². The topological polar surface area (TPSA) is 79.5 Å². The Hall–Kier alpha value is -2.82. The number of benzene rings is 2. The first kappa shape index (κ1) is 16.1. The molecular weight excluding hydrogens is 306 g/mol. The first-order valence-corrected chi connectivity index (χ1v) is 7.91. The second-order valence-corrected chi connectivity index (χ2v) is 6.10. The second-order valence-electron chi connectivity index (χ2n) is 6.10. The van der Waals surface area contributed by atoms with Crippen LogP contribution in [0.25, 0.3) is 21.7 Å². The predicted octanol–water partition coefficient (Wildman–Crippen LogP) is 3.36. The highest BCUT2D eigenvalue weighted by atomic mass is 16.4. The summed E-state index contributed by atoms with van der Waals surface area (Å²) in [6.07, 6.45) is 0.180. The Morgan fingerprint density at radius 1 is 1.17 bits per heavy atom. The minimum atomic E-state index is -0.860. The van der Waals surface area contributed by atoms with E-state index in [0.717, 1.165) is 21.7 Å². The number of carbonyl (C=O) groups excluding carboxylic acids is 1. The van der Waals surface area contributed by atoms with Crippen LogP contribution in [-0.2, 0) is 16.0 Å². The van der Waals surface area contributed by atoms with E-state index in [1.807, 2.05) is 42.5 Å². The average molecular weight is 325 g/mol. The highest BCUT2D eigenvalue weighted by Crippen LogP contribution is 2.28. The van der Waals surface area contributed by atoms with Gasteiger partial charge in [-0.15, -0.1) is 0 Å². The number of carboxylic acid groups (broad SMARTS) is 1. The van der Waals surface area contributed by atoms with E-state index >= 15 is 0 Å². The van der Waals surface area contributed by atoms with Crippen LogP contribution in [0.2, 0.25) is 0 Å². The molecule has 1 atom stereocenters. The van der Waals surface area contributed by atoms with Gasteiger partial charge in [0.25, 0.3) is 0 Å². The van der Waals surface area contributed by atoms with Crippen molar-refractivity contribution >= 4 is 33.6 Å². The molecule has 0 fully saturated rings. The van der Waals surface area contributed by atoms with Crippen LogP contribution in [0.1, 0.15) is 19.1 Å². The van der Waals surface area contributed by atoms with Crippen molar-refractivity contribution in [3.63, 3.8) is 0 Å². The molecule has 5 heteroatoms. The molecule has 0 saturated carbocycles. The maximum Gasteiger partial charge on any atom is 0.303 e. The van der Waals surface area contributed by atoms with Gasteiger partial charge >= 0.3 is 5.97 Å². The molecule has 2 N–H and O–H groups in total. The zero-order chi connectivity index (χ0) is 17.1. The molecule has 3 aromatic rings. The number of nitrogens with one attached hydrogen (secondary N) is 1. The predicted molar refractivity (Wildman–Crippen MR) is 91.9 cm³/mol. The Morgan fingerprint density at radius 3 is 2.75 bits per heavy atom. The SMILES string of the molecule is CC(CNC(=O)Cc1cc2c(ccc3ccccc32)o1)CC(=O)O. The molecule has 124 valence electrons. The van der Waals surface area contributed by atoms with Gasteiger partial charge in [-0.1, -0.05) is 37.3 Å². The fourth-order valence-electron chi connectivity index (χ4n) is 2.81. The Labute approximate surface area is 139 Å². The summed E-state index contributed by atoms with van der Waals surface area (Å²) in [6.45, 7) is 2.13. The van der Waals surface area contributed by atoms with E-state index in [0.29, 0.717) is 12.3 Å². The highest BCUT2D eigenvalue weighted by molar-refractivity contribution is 6.06. The zero-order valence-corrected chi connectivity index (χ0v) is 13.4. The first-order valence-electron chi connectivity index (χ1n) is 7.91. The van der Waals surface area contributed by atoms with Crippen LogP contribution in [-0.4, -0.2) is 23.5 Å². The van der Waals surface area contributed by atoms with Crippen molar-refractivity contribution in [3.05, 3.63) is 48.2 Å². The van der Waals surface area contributed by atoms with Gasteiger partial charge in [-0.3, -0.25) is 9.59 Å². The molecule has 0 spiro atoms. The normalized spacial score (nSPS) is 12.4. The molecule has 0 radical (unpaired) electrons. The molecule has 0 aliphatic carbocycles. The van der Waals surface area contributed by atoms with E-state index in [2.05, 4.69) is 5.32 Å². The van der Waals surface area contributed by atoms with Gasteiger partial charge in [0.15, 0.2) is 0 Å². The molecule has 24 heavy (non-hydrogen) atoms. The third-order valence-electron chi connectivity index (χ3n) is 3.98. The average Bonchev–Trinajstić information content (AvgIpc) is 2.95. The van der Waals surface area contributed by atoms with Gasteiger partial charge in [0.1, 0.15) is 11.3 Å². The number of hydrogen-bond acceptors (Lipinski definition) is 3. The number of aliphatic carboxylic acids is 1. The summed E-state index contributed by atoms with van der Waals surface area (Å²) in [7, 11) is 0. The number of fused-ring (bicyclic) bond motifs is 3. The molecule has 0 aliphatic heterocycles. The van der Waals surface area contributed by atoms with Gasteiger partial charge in [0.2, 0.25) is 5.91 Å². The maximum atomic E-state index is 12.0. The Bertz CT molecular complexity index is 897. The lowest BCUT2D eigenvalue weighted by atomic mass is 10.1. The Balaban J connectivity index is 1.70. The standard InChI is InChI=1S/C19H19NO4/c1-12(8-19(22)23)11-20-18(21)10-14-9-16-15-5-3-2-4-13(15)6-7-17(16)24-14/h2-7,9,12H,8,10-11H2,1H3,(H,20,21)(H,22,23). The number of carbonyl (C=O) groups is 2. The summed E-state index contributed by atoms with van der Waals surface area (Å²) in [5.41, 5.74) is 0.760. The molecule has 0 bridgehead atoms. The highest BCUT2D eigenvalue weighted by Gasteiger charge is 2.13. The van der Waals surface area contributed by atoms with Crippen LogP contribution >= 0.6 is 0 Å². The molecule has 3 rings (SSSR count). The van der Waals surface area contributed by atoms with Crippen molar-refractivity contribution < 1.29 is 19.1 Å². The molecule has 2 aromatic carbocycles. The van der Waals surface area contributed by atoms with Crippen LogP contribution < -0.4 is 5.32 Å². The Kier molecular flexibility index (Phi) is 4.51. The molecule has 1 heterocycles. The number of carboxylic acids is 1. The van der Waals surface area contributed by atoms with Gasteiger partial charge < -0.3 is 14.8 Å². The van der Waals surface area contributed by atoms with E-state index < -0.39 is 5.97 Å². The number of furan rings is 1. The molecule has 5 nitrogen and oxygen atoms in total. The van der Waals surface area contributed by atoms with Crippen LogP contribution in [0.5, 0.6) is 0 Å². The van der Waals surface area contributed by atoms with Crippen LogP contribution in [0.15, 0.2) is 46.9 Å². The van der Waals surface area contributed by atoms with Gasteiger partial charge in [-0.25, -0.2) is 0 Å². The molecule has 0 aliphatic rings. The van der Waals surface area contributed by atoms with Crippen molar-refractivity contribution in [3.8, 4) is 0 Å². The van der Waals surface area contributed by atoms with E-state index in [-0.39, 0.29) is 24.7 Å². The minimum absolute atomic E-state index is 0.0386. The summed E-state index contributed by atoms with van der Waals surface area (Å²) < 4.78 is 5.76. The molecule has 1 aromatic heterocycles. The third kappa shape index (κ3) is 3.56. The monoisotopic (exact) mass is 325 g/mol. The minimum Gasteiger partial charge on any atom is -0.481 e. The zero-order valence-electron chi connectivity index (χ0n) is 13.4. The molecule has 0 saturated heterocycles. The fraction of sp³-hybridized carbons (Fsp3) is 0.263. The number of rotatable bonds is 6. The van der Waals surface area contributed by atoms with Gasteiger partial charge in [0, 0.05) is 18.4 Å². The van der Waals surface area contributed by atoms with Crippen LogP contribution in [0.4, 0.5) is 0 Å². The van der Waals surface area contributed by atoms with E-state index in [4.69, 9.17) is 9.52 Å². The van der Waals surface area contributed by atoms with Gasteiger partial charge in [-0.05, 0) is 28.8 Å². The van der Waals surface area contributed by atoms with E-state index in [1.165, 1.54) is 0 Å². The lowest BCUT2D eigenvalue weighted by Gasteiger charge is -2.09. The summed E-state index contributed by atoms with van der Waals surface area (Å²) in [5, 5.41) is 14.7. The summed E-state index contributed by atoms with van der Waals surface area (Å²) in [6, 6.07) is 13.8. The Morgan fingerprint density at radius 2 is 1.96 bits per heavy atom. The van der Waals surface area contributed by atoms with Crippen LogP contribution in [0, 0.1) is 5.92 Å². The van der Waals surface area contributed by atoms with Gasteiger partial charge in [-0.2, -0.15) is 0 Å². The lowest BCUT2D eigenvalue weighted by Crippen LogP contribution is -2.30.